The summed E-state index contributed by atoms with van der Waals surface area (Å²) in [5.41, 5.74) is 5.76. The van der Waals surface area contributed by atoms with Crippen LogP contribution in [0.3, 0.4) is 0 Å². The summed E-state index contributed by atoms with van der Waals surface area (Å²) in [5, 5.41) is 14.2. The van der Waals surface area contributed by atoms with Gasteiger partial charge in [0.05, 0.1) is 19.3 Å². The van der Waals surface area contributed by atoms with Crippen molar-refractivity contribution in [3.05, 3.63) is 0 Å². The highest BCUT2D eigenvalue weighted by molar-refractivity contribution is 5.73. The molecule has 142 valence electrons. The number of nitrogens with zero attached hydrogens (tertiary/aromatic N) is 1. The van der Waals surface area contributed by atoms with E-state index in [0.717, 1.165) is 26.2 Å². The van der Waals surface area contributed by atoms with Crippen LogP contribution in [-0.4, -0.2) is 77.8 Å². The van der Waals surface area contributed by atoms with Gasteiger partial charge in [0.1, 0.15) is 0 Å². The molecular formula is C11H16F6N2O5. The van der Waals surface area contributed by atoms with E-state index in [4.69, 9.17) is 30.3 Å². The predicted molar refractivity (Wildman–Crippen MR) is 66.2 cm³/mol. The van der Waals surface area contributed by atoms with Crippen LogP contribution in [0.5, 0.6) is 0 Å². The fourth-order valence-electron chi connectivity index (χ4n) is 1.58. The summed E-state index contributed by atoms with van der Waals surface area (Å²) < 4.78 is 68.6. The molecule has 2 aliphatic rings. The van der Waals surface area contributed by atoms with Crippen molar-refractivity contribution in [1.82, 2.24) is 4.90 Å². The number of carboxylic acid groups (broad SMARTS) is 2. The molecule has 2 fully saturated rings. The number of hydrogen-bond acceptors (Lipinski definition) is 5. The molecule has 7 nitrogen and oxygen atoms in total. The van der Waals surface area contributed by atoms with E-state index in [0.29, 0.717) is 12.1 Å². The summed E-state index contributed by atoms with van der Waals surface area (Å²) >= 11 is 0. The highest BCUT2D eigenvalue weighted by Crippen LogP contribution is 2.16. The highest BCUT2D eigenvalue weighted by Gasteiger charge is 2.38. The Bertz CT molecular complexity index is 400. The van der Waals surface area contributed by atoms with Crippen molar-refractivity contribution >= 4 is 11.9 Å². The molecule has 0 aliphatic carbocycles. The molecular weight excluding hydrogens is 354 g/mol. The number of carbonyl (C=O) groups is 2. The predicted octanol–water partition coefficient (Wildman–Crippen LogP) is 0.685. The van der Waals surface area contributed by atoms with E-state index in [1.54, 1.807) is 0 Å². The number of halogens is 6. The number of ether oxygens (including phenoxy) is 1. The van der Waals surface area contributed by atoms with Gasteiger partial charge in [0.2, 0.25) is 0 Å². The Morgan fingerprint density at radius 1 is 1.00 bits per heavy atom. The average Bonchev–Trinajstić information content (AvgIpc) is 2.72. The van der Waals surface area contributed by atoms with Gasteiger partial charge in [-0.25, -0.2) is 9.59 Å². The Kier molecular flexibility index (Phi) is 8.43. The Labute approximate surface area is 132 Å². The Morgan fingerprint density at radius 3 is 1.54 bits per heavy atom. The van der Waals surface area contributed by atoms with Gasteiger partial charge >= 0.3 is 24.3 Å². The molecule has 4 N–H and O–H groups in total. The van der Waals surface area contributed by atoms with Crippen LogP contribution in [0.2, 0.25) is 0 Å². The van der Waals surface area contributed by atoms with E-state index < -0.39 is 24.3 Å². The molecule has 0 bridgehead atoms. The van der Waals surface area contributed by atoms with E-state index in [-0.39, 0.29) is 0 Å². The number of hydrogen-bond donors (Lipinski definition) is 3. The third-order valence-corrected chi connectivity index (χ3v) is 2.88. The maximum absolute atomic E-state index is 10.6. The quantitative estimate of drug-likeness (QED) is 0.582. The molecule has 13 heteroatoms. The standard InChI is InChI=1S/C7H14N2O.2C2HF3O2/c8-6-1-2-9(3-6)7-4-10-5-7;2*3-2(4,5)1(6)7/h6-7H,1-5,8H2;2*(H,6,7). The van der Waals surface area contributed by atoms with Crippen molar-refractivity contribution in [2.24, 2.45) is 5.73 Å². The minimum Gasteiger partial charge on any atom is -0.475 e. The number of nitrogens with two attached hydrogens (primary N) is 1. The summed E-state index contributed by atoms with van der Waals surface area (Å²) in [6, 6.07) is 1.11. The first-order valence-corrected chi connectivity index (χ1v) is 6.42. The summed E-state index contributed by atoms with van der Waals surface area (Å²) in [6.07, 6.45) is -9.00. The average molecular weight is 370 g/mol. The van der Waals surface area contributed by atoms with Crippen molar-refractivity contribution in [1.29, 1.82) is 0 Å². The summed E-state index contributed by atoms with van der Waals surface area (Å²) in [6.45, 7) is 4.10. The van der Waals surface area contributed by atoms with Gasteiger partial charge in [0.15, 0.2) is 0 Å². The highest BCUT2D eigenvalue weighted by atomic mass is 19.4. The second kappa shape index (κ2) is 9.03. The lowest BCUT2D eigenvalue weighted by molar-refractivity contribution is -0.193. The lowest BCUT2D eigenvalue weighted by atomic mass is 10.2. The topological polar surface area (TPSA) is 113 Å². The summed E-state index contributed by atoms with van der Waals surface area (Å²) in [5.74, 6) is -5.51. The van der Waals surface area contributed by atoms with Gasteiger partial charge in [-0.2, -0.15) is 26.3 Å². The Hall–Kier alpha value is -1.60. The molecule has 24 heavy (non-hydrogen) atoms. The summed E-state index contributed by atoms with van der Waals surface area (Å²) in [7, 11) is 0. The van der Waals surface area contributed by atoms with Gasteiger partial charge < -0.3 is 20.7 Å². The Morgan fingerprint density at radius 2 is 1.38 bits per heavy atom. The zero-order chi connectivity index (χ0) is 19.1. The van der Waals surface area contributed by atoms with E-state index in [2.05, 4.69) is 4.90 Å². The minimum atomic E-state index is -5.08. The minimum absolute atomic E-state index is 0.417. The zero-order valence-electron chi connectivity index (χ0n) is 12.1. The molecule has 0 spiro atoms. The molecule has 0 aromatic rings. The fraction of sp³-hybridized carbons (Fsp3) is 0.818. The molecule has 0 radical (unpaired) electrons. The fourth-order valence-corrected chi connectivity index (χ4v) is 1.58. The van der Waals surface area contributed by atoms with Gasteiger partial charge in [-0.05, 0) is 6.42 Å². The molecule has 1 unspecified atom stereocenters. The summed E-state index contributed by atoms with van der Waals surface area (Å²) in [4.78, 5) is 20.2. The first-order valence-electron chi connectivity index (χ1n) is 6.42. The molecule has 0 amide bonds. The molecule has 1 atom stereocenters. The molecule has 0 aromatic heterocycles. The Balaban J connectivity index is 0.000000343. The number of aliphatic carboxylic acids is 2. The number of rotatable bonds is 1. The third-order valence-electron chi connectivity index (χ3n) is 2.88. The van der Waals surface area contributed by atoms with Gasteiger partial charge in [-0.3, -0.25) is 4.90 Å². The van der Waals surface area contributed by atoms with E-state index in [1.807, 2.05) is 0 Å². The molecule has 0 saturated carbocycles. The van der Waals surface area contributed by atoms with Crippen LogP contribution in [0.25, 0.3) is 0 Å². The van der Waals surface area contributed by atoms with Crippen molar-refractivity contribution in [3.8, 4) is 0 Å². The van der Waals surface area contributed by atoms with E-state index >= 15 is 0 Å². The molecule has 2 rings (SSSR count). The van der Waals surface area contributed by atoms with Crippen LogP contribution < -0.4 is 5.73 Å². The number of likely N-dealkylation sites (tertiary alicyclic amines) is 1. The first kappa shape index (κ1) is 22.4. The lowest BCUT2D eigenvalue weighted by Gasteiger charge is -2.34. The third kappa shape index (κ3) is 8.88. The zero-order valence-corrected chi connectivity index (χ0v) is 12.1. The van der Waals surface area contributed by atoms with Crippen LogP contribution in [-0.2, 0) is 14.3 Å². The molecule has 2 aliphatic heterocycles. The van der Waals surface area contributed by atoms with Crippen molar-refractivity contribution in [3.63, 3.8) is 0 Å². The van der Waals surface area contributed by atoms with Crippen LogP contribution in [0.4, 0.5) is 26.3 Å². The maximum atomic E-state index is 10.6. The van der Waals surface area contributed by atoms with Crippen LogP contribution in [0, 0.1) is 0 Å². The second-order valence-electron chi connectivity index (χ2n) is 4.84. The van der Waals surface area contributed by atoms with Crippen LogP contribution in [0.15, 0.2) is 0 Å². The van der Waals surface area contributed by atoms with Gasteiger partial charge in [0.25, 0.3) is 0 Å². The van der Waals surface area contributed by atoms with E-state index in [9.17, 15) is 26.3 Å². The van der Waals surface area contributed by atoms with Gasteiger partial charge in [-0.15, -0.1) is 0 Å². The van der Waals surface area contributed by atoms with Crippen molar-refractivity contribution in [2.45, 2.75) is 30.9 Å². The largest absolute Gasteiger partial charge is 0.490 e. The SMILES string of the molecule is NC1CCN(C2COC2)C1.O=C(O)C(F)(F)F.O=C(O)C(F)(F)F. The molecule has 2 saturated heterocycles. The second-order valence-corrected chi connectivity index (χ2v) is 4.84. The molecule has 0 aromatic carbocycles. The maximum Gasteiger partial charge on any atom is 0.490 e. The number of alkyl halides is 6. The van der Waals surface area contributed by atoms with Crippen LogP contribution >= 0.6 is 0 Å². The lowest BCUT2D eigenvalue weighted by Crippen LogP contribution is -2.48. The van der Waals surface area contributed by atoms with Crippen LogP contribution in [0.1, 0.15) is 6.42 Å². The van der Waals surface area contributed by atoms with Crippen molar-refractivity contribution < 1.29 is 50.9 Å². The van der Waals surface area contributed by atoms with Crippen molar-refractivity contribution in [2.75, 3.05) is 26.3 Å². The van der Waals surface area contributed by atoms with Gasteiger partial charge in [-0.1, -0.05) is 0 Å². The first-order chi connectivity index (χ1) is 10.7. The monoisotopic (exact) mass is 370 g/mol. The van der Waals surface area contributed by atoms with Gasteiger partial charge in [0, 0.05) is 19.1 Å². The normalized spacial score (nSPS) is 21.7. The number of carboxylic acids is 2. The molecule has 2 heterocycles. The van der Waals surface area contributed by atoms with E-state index in [1.165, 1.54) is 6.54 Å². The smallest absolute Gasteiger partial charge is 0.475 e.